The molecule has 0 aromatic heterocycles. The van der Waals surface area contributed by atoms with Gasteiger partial charge in [0.1, 0.15) is 6.26 Å². The molecular formula is C26H22N2O3. The van der Waals surface area contributed by atoms with E-state index in [1.807, 2.05) is 85.9 Å². The summed E-state index contributed by atoms with van der Waals surface area (Å²) in [5, 5.41) is 13.5. The molecule has 0 fully saturated rings. The van der Waals surface area contributed by atoms with Crippen molar-refractivity contribution in [2.45, 2.75) is 0 Å². The van der Waals surface area contributed by atoms with Gasteiger partial charge in [-0.3, -0.25) is 0 Å². The molecule has 3 aromatic carbocycles. The van der Waals surface area contributed by atoms with Crippen LogP contribution in [0.4, 0.5) is 5.69 Å². The number of carboxylic acids is 1. The molecule has 154 valence electrons. The third-order valence-electron chi connectivity index (χ3n) is 5.04. The lowest BCUT2D eigenvalue weighted by Gasteiger charge is -2.22. The summed E-state index contributed by atoms with van der Waals surface area (Å²) in [6, 6.07) is 25.4. The number of nitrogens with one attached hydrogen (secondary N) is 2. The van der Waals surface area contributed by atoms with Crippen molar-refractivity contribution in [3.63, 3.8) is 0 Å². The zero-order chi connectivity index (χ0) is 21.6. The van der Waals surface area contributed by atoms with E-state index < -0.39 is 5.97 Å². The van der Waals surface area contributed by atoms with Crippen molar-refractivity contribution in [1.29, 1.82) is 0 Å². The molecule has 0 amide bonds. The van der Waals surface area contributed by atoms with E-state index in [0.29, 0.717) is 11.3 Å². The van der Waals surface area contributed by atoms with Crippen LogP contribution in [0.2, 0.25) is 0 Å². The van der Waals surface area contributed by atoms with Crippen LogP contribution in [0.3, 0.4) is 0 Å². The smallest absolute Gasteiger partial charge is 0.338 e. The molecule has 5 heteroatoms. The Bertz CT molecular complexity index is 1180. The number of carboxylic acid groups (broad SMARTS) is 1. The van der Waals surface area contributed by atoms with Crippen LogP contribution in [-0.2, 0) is 9.63 Å². The highest BCUT2D eigenvalue weighted by atomic mass is 16.6. The Morgan fingerprint density at radius 3 is 2.26 bits per heavy atom. The molecule has 5 nitrogen and oxygen atoms in total. The Balaban J connectivity index is 2.11. The van der Waals surface area contributed by atoms with Crippen molar-refractivity contribution in [3.05, 3.63) is 120 Å². The summed E-state index contributed by atoms with van der Waals surface area (Å²) >= 11 is 0. The van der Waals surface area contributed by atoms with E-state index in [4.69, 9.17) is 4.84 Å². The summed E-state index contributed by atoms with van der Waals surface area (Å²) in [6.45, 7) is 0. The van der Waals surface area contributed by atoms with Gasteiger partial charge in [-0.15, -0.1) is 0 Å². The highest BCUT2D eigenvalue weighted by Crippen LogP contribution is 2.40. The van der Waals surface area contributed by atoms with Gasteiger partial charge < -0.3 is 15.3 Å². The first-order valence-electron chi connectivity index (χ1n) is 9.89. The summed E-state index contributed by atoms with van der Waals surface area (Å²) in [6.07, 6.45) is 4.82. The Hall–Kier alpha value is -4.25. The Morgan fingerprint density at radius 2 is 1.65 bits per heavy atom. The summed E-state index contributed by atoms with van der Waals surface area (Å²) in [7, 11) is 1.86. The van der Waals surface area contributed by atoms with E-state index in [1.165, 1.54) is 6.26 Å². The Kier molecular flexibility index (Phi) is 5.85. The first-order valence-corrected chi connectivity index (χ1v) is 9.89. The lowest BCUT2D eigenvalue weighted by Crippen LogP contribution is -2.21. The third kappa shape index (κ3) is 4.07. The molecule has 0 unspecified atom stereocenters. The van der Waals surface area contributed by atoms with Crippen molar-refractivity contribution >= 4 is 17.2 Å². The minimum Gasteiger partial charge on any atom is -0.478 e. The van der Waals surface area contributed by atoms with Crippen LogP contribution in [-0.4, -0.2) is 18.1 Å². The molecular weight excluding hydrogens is 388 g/mol. The Labute approximate surface area is 181 Å². The normalized spacial score (nSPS) is 13.4. The van der Waals surface area contributed by atoms with E-state index in [-0.39, 0.29) is 5.57 Å². The SMILES string of the molecule is CNc1cccc(C(=C(C(=O)O)C2=CC=CON2)c2ccccc2)c1-c1ccccc1. The number of allylic oxidation sites excluding steroid dienone is 2. The largest absolute Gasteiger partial charge is 0.478 e. The molecule has 1 aliphatic heterocycles. The van der Waals surface area contributed by atoms with Crippen LogP contribution < -0.4 is 10.8 Å². The highest BCUT2D eigenvalue weighted by molar-refractivity contribution is 6.07. The minimum atomic E-state index is -1.05. The number of carbonyl (C=O) groups is 1. The quantitative estimate of drug-likeness (QED) is 0.487. The predicted octanol–water partition coefficient (Wildman–Crippen LogP) is 5.21. The van der Waals surface area contributed by atoms with Gasteiger partial charge in [-0.25, -0.2) is 10.3 Å². The fraction of sp³-hybridized carbons (Fsp3) is 0.0385. The maximum atomic E-state index is 12.6. The highest BCUT2D eigenvalue weighted by Gasteiger charge is 2.25. The van der Waals surface area contributed by atoms with Crippen molar-refractivity contribution < 1.29 is 14.7 Å². The molecule has 3 N–H and O–H groups in total. The number of hydrogen-bond donors (Lipinski definition) is 3. The van der Waals surface area contributed by atoms with E-state index in [0.717, 1.165) is 27.9 Å². The molecule has 0 aliphatic carbocycles. The topological polar surface area (TPSA) is 70.6 Å². The lowest BCUT2D eigenvalue weighted by molar-refractivity contribution is -0.132. The number of hydroxylamine groups is 1. The van der Waals surface area contributed by atoms with Gasteiger partial charge in [0.25, 0.3) is 0 Å². The number of hydrogen-bond acceptors (Lipinski definition) is 4. The lowest BCUT2D eigenvalue weighted by atomic mass is 9.85. The van der Waals surface area contributed by atoms with Gasteiger partial charge in [-0.05, 0) is 34.9 Å². The second-order valence-corrected chi connectivity index (χ2v) is 6.89. The van der Waals surface area contributed by atoms with Crippen LogP contribution in [0.5, 0.6) is 0 Å². The second kappa shape index (κ2) is 9.05. The minimum absolute atomic E-state index is 0.126. The number of anilines is 1. The van der Waals surface area contributed by atoms with E-state index in [2.05, 4.69) is 10.8 Å². The predicted molar refractivity (Wildman–Crippen MR) is 123 cm³/mol. The summed E-state index contributed by atoms with van der Waals surface area (Å²) in [5.41, 5.74) is 8.25. The molecule has 0 radical (unpaired) electrons. The monoisotopic (exact) mass is 410 g/mol. The first-order chi connectivity index (χ1) is 15.2. The molecule has 4 rings (SSSR count). The number of benzene rings is 3. The third-order valence-corrected chi connectivity index (χ3v) is 5.04. The molecule has 0 atom stereocenters. The van der Waals surface area contributed by atoms with Gasteiger partial charge in [0, 0.05) is 23.9 Å². The molecule has 0 bridgehead atoms. The molecule has 0 saturated carbocycles. The molecule has 1 aliphatic rings. The van der Waals surface area contributed by atoms with Gasteiger partial charge in [-0.1, -0.05) is 72.8 Å². The fourth-order valence-electron chi connectivity index (χ4n) is 3.72. The molecule has 3 aromatic rings. The maximum absolute atomic E-state index is 12.6. The van der Waals surface area contributed by atoms with Gasteiger partial charge in [0.05, 0.1) is 11.3 Å². The second-order valence-electron chi connectivity index (χ2n) is 6.89. The molecule has 31 heavy (non-hydrogen) atoms. The number of aliphatic carboxylic acids is 1. The average Bonchev–Trinajstić information content (AvgIpc) is 2.83. The Morgan fingerprint density at radius 1 is 0.935 bits per heavy atom. The van der Waals surface area contributed by atoms with Crippen LogP contribution in [0.15, 0.2) is 109 Å². The zero-order valence-electron chi connectivity index (χ0n) is 17.0. The first kappa shape index (κ1) is 20.0. The van der Waals surface area contributed by atoms with Crippen LogP contribution in [0.25, 0.3) is 16.7 Å². The number of rotatable bonds is 6. The van der Waals surface area contributed by atoms with Gasteiger partial charge in [0.15, 0.2) is 0 Å². The van der Waals surface area contributed by atoms with Crippen LogP contribution in [0.1, 0.15) is 11.1 Å². The van der Waals surface area contributed by atoms with E-state index >= 15 is 0 Å². The summed E-state index contributed by atoms with van der Waals surface area (Å²) in [4.78, 5) is 17.7. The van der Waals surface area contributed by atoms with Gasteiger partial charge >= 0.3 is 5.97 Å². The van der Waals surface area contributed by atoms with Crippen molar-refractivity contribution in [2.24, 2.45) is 0 Å². The maximum Gasteiger partial charge on any atom is 0.338 e. The summed E-state index contributed by atoms with van der Waals surface area (Å²) in [5.74, 6) is -1.05. The van der Waals surface area contributed by atoms with Gasteiger partial charge in [0.2, 0.25) is 0 Å². The molecule has 0 saturated heterocycles. The van der Waals surface area contributed by atoms with Crippen LogP contribution >= 0.6 is 0 Å². The van der Waals surface area contributed by atoms with Gasteiger partial charge in [-0.2, -0.15) is 0 Å². The fourth-order valence-corrected chi connectivity index (χ4v) is 3.72. The standard InChI is InChI=1S/C26H22N2O3/c1-27-21-15-8-14-20(23(21)18-10-4-2-5-11-18)24(19-12-6-3-7-13-19)25(26(29)30)22-16-9-17-31-28-22/h2-17,27-28H,1H3,(H,29,30). The van der Waals surface area contributed by atoms with E-state index in [9.17, 15) is 9.90 Å². The average molecular weight is 410 g/mol. The van der Waals surface area contributed by atoms with Crippen molar-refractivity contribution in [2.75, 3.05) is 12.4 Å². The van der Waals surface area contributed by atoms with Crippen molar-refractivity contribution in [3.8, 4) is 11.1 Å². The van der Waals surface area contributed by atoms with Crippen LogP contribution in [0, 0.1) is 0 Å². The molecule has 1 heterocycles. The summed E-state index contributed by atoms with van der Waals surface area (Å²) < 4.78 is 0. The zero-order valence-corrected chi connectivity index (χ0v) is 17.0. The van der Waals surface area contributed by atoms with Crippen molar-refractivity contribution in [1.82, 2.24) is 5.48 Å². The molecule has 0 spiro atoms. The van der Waals surface area contributed by atoms with E-state index in [1.54, 1.807) is 12.2 Å².